The van der Waals surface area contributed by atoms with Crippen LogP contribution in [0.3, 0.4) is 0 Å². The molecule has 0 fully saturated rings. The number of benzene rings is 2. The van der Waals surface area contributed by atoms with Crippen molar-refractivity contribution in [2.24, 2.45) is 0 Å². The molecule has 0 unspecified atom stereocenters. The van der Waals surface area contributed by atoms with Crippen LogP contribution in [0.1, 0.15) is 28.9 Å². The van der Waals surface area contributed by atoms with E-state index in [1.807, 2.05) is 42.5 Å². The molecule has 1 aromatic heterocycles. The van der Waals surface area contributed by atoms with Crippen LogP contribution in [-0.4, -0.2) is 17.4 Å². The molecule has 3 rings (SSSR count). The zero-order valence-corrected chi connectivity index (χ0v) is 12.9. The molecule has 4 nitrogen and oxygen atoms in total. The van der Waals surface area contributed by atoms with Crippen molar-refractivity contribution in [3.63, 3.8) is 0 Å². The van der Waals surface area contributed by atoms with Crippen LogP contribution in [0, 0.1) is 0 Å². The van der Waals surface area contributed by atoms with Crippen molar-refractivity contribution in [1.82, 2.24) is 10.3 Å². The number of hydrogen-bond acceptors (Lipinski definition) is 2. The fourth-order valence-corrected chi connectivity index (χ4v) is 2.57. The van der Waals surface area contributed by atoms with Crippen molar-refractivity contribution in [3.8, 4) is 0 Å². The Hall–Kier alpha value is -2.88. The second-order valence-electron chi connectivity index (χ2n) is 5.62. The third kappa shape index (κ3) is 3.31. The van der Waals surface area contributed by atoms with Gasteiger partial charge in [-0.15, -0.1) is 0 Å². The van der Waals surface area contributed by atoms with Gasteiger partial charge >= 0.3 is 0 Å². The lowest BCUT2D eigenvalue weighted by molar-refractivity contribution is 0.0946. The number of H-pyrrole nitrogens is 1. The Morgan fingerprint density at radius 3 is 2.57 bits per heavy atom. The summed E-state index contributed by atoms with van der Waals surface area (Å²) < 4.78 is 0. The van der Waals surface area contributed by atoms with Crippen molar-refractivity contribution in [1.29, 1.82) is 0 Å². The number of pyridine rings is 1. The van der Waals surface area contributed by atoms with Gasteiger partial charge in [0, 0.05) is 11.9 Å². The van der Waals surface area contributed by atoms with E-state index in [0.29, 0.717) is 11.9 Å². The first-order valence-electron chi connectivity index (χ1n) is 7.60. The van der Waals surface area contributed by atoms with Crippen molar-refractivity contribution in [2.45, 2.75) is 12.8 Å². The largest absolute Gasteiger partial charge is 0.350 e. The maximum atomic E-state index is 12.3. The molecule has 0 aliphatic rings. The molecule has 1 heterocycles. The summed E-state index contributed by atoms with van der Waals surface area (Å²) in [5.74, 6) is -0.0667. The average molecular weight is 306 g/mol. The molecule has 23 heavy (non-hydrogen) atoms. The summed E-state index contributed by atoms with van der Waals surface area (Å²) in [4.78, 5) is 27.0. The molecule has 0 aliphatic heterocycles. The SMILES string of the molecule is C[C@H](CNC(=O)c1cc2ccccc2c(=O)[nH]1)c1ccccc1. The fourth-order valence-electron chi connectivity index (χ4n) is 2.57. The van der Waals surface area contributed by atoms with Gasteiger partial charge in [0.15, 0.2) is 0 Å². The molecule has 2 N–H and O–H groups in total. The van der Waals surface area contributed by atoms with Crippen LogP contribution in [0.5, 0.6) is 0 Å². The topological polar surface area (TPSA) is 62.0 Å². The average Bonchev–Trinajstić information content (AvgIpc) is 2.60. The van der Waals surface area contributed by atoms with Crippen LogP contribution in [0.25, 0.3) is 10.8 Å². The fraction of sp³-hybridized carbons (Fsp3) is 0.158. The van der Waals surface area contributed by atoms with Crippen molar-refractivity contribution in [2.75, 3.05) is 6.54 Å². The lowest BCUT2D eigenvalue weighted by atomic mass is 10.0. The van der Waals surface area contributed by atoms with E-state index in [1.54, 1.807) is 18.2 Å². The minimum atomic E-state index is -0.268. The Kier molecular flexibility index (Phi) is 4.24. The summed E-state index contributed by atoms with van der Waals surface area (Å²) in [5, 5.41) is 4.23. The number of amides is 1. The maximum absolute atomic E-state index is 12.3. The molecule has 1 atom stereocenters. The first kappa shape index (κ1) is 15.0. The van der Waals surface area contributed by atoms with Gasteiger partial charge in [-0.3, -0.25) is 9.59 Å². The van der Waals surface area contributed by atoms with Crippen molar-refractivity contribution >= 4 is 16.7 Å². The van der Waals surface area contributed by atoms with Gasteiger partial charge in [0.05, 0.1) is 0 Å². The lowest BCUT2D eigenvalue weighted by Crippen LogP contribution is -2.29. The van der Waals surface area contributed by atoms with E-state index in [4.69, 9.17) is 0 Å². The van der Waals surface area contributed by atoms with Gasteiger partial charge in [0.1, 0.15) is 5.69 Å². The minimum absolute atomic E-state index is 0.201. The highest BCUT2D eigenvalue weighted by Gasteiger charge is 2.11. The molecule has 0 saturated carbocycles. The van der Waals surface area contributed by atoms with Crippen LogP contribution >= 0.6 is 0 Å². The van der Waals surface area contributed by atoms with Crippen LogP contribution in [0.15, 0.2) is 65.5 Å². The second kappa shape index (κ2) is 6.48. The van der Waals surface area contributed by atoms with Gasteiger partial charge in [0.2, 0.25) is 0 Å². The zero-order chi connectivity index (χ0) is 16.2. The van der Waals surface area contributed by atoms with E-state index < -0.39 is 0 Å². The van der Waals surface area contributed by atoms with Gasteiger partial charge < -0.3 is 10.3 Å². The molecule has 2 aromatic carbocycles. The number of nitrogens with one attached hydrogen (secondary N) is 2. The van der Waals surface area contributed by atoms with Gasteiger partial charge in [-0.2, -0.15) is 0 Å². The first-order chi connectivity index (χ1) is 11.1. The number of carbonyl (C=O) groups excluding carboxylic acids is 1. The van der Waals surface area contributed by atoms with E-state index in [0.717, 1.165) is 5.39 Å². The van der Waals surface area contributed by atoms with Crippen LogP contribution < -0.4 is 10.9 Å². The summed E-state index contributed by atoms with van der Waals surface area (Å²) in [6.45, 7) is 2.57. The number of carbonyl (C=O) groups is 1. The first-order valence-corrected chi connectivity index (χ1v) is 7.60. The van der Waals surface area contributed by atoms with E-state index in [2.05, 4.69) is 17.2 Å². The minimum Gasteiger partial charge on any atom is -0.350 e. The van der Waals surface area contributed by atoms with Crippen molar-refractivity contribution in [3.05, 3.63) is 82.3 Å². The van der Waals surface area contributed by atoms with E-state index in [9.17, 15) is 9.59 Å². The van der Waals surface area contributed by atoms with Gasteiger partial charge in [0.25, 0.3) is 11.5 Å². The summed E-state index contributed by atoms with van der Waals surface area (Å²) in [6.07, 6.45) is 0. The Morgan fingerprint density at radius 2 is 1.78 bits per heavy atom. The summed E-state index contributed by atoms with van der Waals surface area (Å²) >= 11 is 0. The Bertz CT molecular complexity index is 885. The third-order valence-electron chi connectivity index (χ3n) is 3.94. The maximum Gasteiger partial charge on any atom is 0.267 e. The van der Waals surface area contributed by atoms with Crippen LogP contribution in [-0.2, 0) is 0 Å². The molecule has 0 aliphatic carbocycles. The molecular formula is C19H18N2O2. The highest BCUT2D eigenvalue weighted by atomic mass is 16.2. The monoisotopic (exact) mass is 306 g/mol. The Morgan fingerprint density at radius 1 is 1.09 bits per heavy atom. The van der Waals surface area contributed by atoms with Gasteiger partial charge in [-0.05, 0) is 29.0 Å². The Labute approximate surface area is 134 Å². The summed E-state index contributed by atoms with van der Waals surface area (Å²) in [7, 11) is 0. The molecular weight excluding hydrogens is 288 g/mol. The normalized spacial score (nSPS) is 12.0. The van der Waals surface area contributed by atoms with Crippen molar-refractivity contribution < 1.29 is 4.79 Å². The highest BCUT2D eigenvalue weighted by Crippen LogP contribution is 2.14. The van der Waals surface area contributed by atoms with E-state index >= 15 is 0 Å². The number of aromatic amines is 1. The molecule has 0 saturated heterocycles. The quantitative estimate of drug-likeness (QED) is 0.778. The van der Waals surface area contributed by atoms with E-state index in [1.165, 1.54) is 5.56 Å². The predicted molar refractivity (Wildman–Crippen MR) is 91.8 cm³/mol. The molecule has 0 radical (unpaired) electrons. The lowest BCUT2D eigenvalue weighted by Gasteiger charge is -2.13. The molecule has 1 amide bonds. The Balaban J connectivity index is 1.75. The predicted octanol–water partition coefficient (Wildman–Crippen LogP) is 3.06. The van der Waals surface area contributed by atoms with Gasteiger partial charge in [-0.1, -0.05) is 55.5 Å². The second-order valence-corrected chi connectivity index (χ2v) is 5.62. The summed E-state index contributed by atoms with van der Waals surface area (Å²) in [5.41, 5.74) is 1.21. The number of rotatable bonds is 4. The van der Waals surface area contributed by atoms with E-state index in [-0.39, 0.29) is 23.1 Å². The molecule has 116 valence electrons. The number of fused-ring (bicyclic) bond motifs is 1. The van der Waals surface area contributed by atoms with Crippen LogP contribution in [0.2, 0.25) is 0 Å². The summed E-state index contributed by atoms with van der Waals surface area (Å²) in [6, 6.07) is 18.9. The number of aromatic nitrogens is 1. The smallest absolute Gasteiger partial charge is 0.267 e. The van der Waals surface area contributed by atoms with Gasteiger partial charge in [-0.25, -0.2) is 0 Å². The number of hydrogen-bond donors (Lipinski definition) is 2. The molecule has 3 aromatic rings. The molecule has 4 heteroatoms. The van der Waals surface area contributed by atoms with Crippen LogP contribution in [0.4, 0.5) is 0 Å². The molecule has 0 spiro atoms. The third-order valence-corrected chi connectivity index (χ3v) is 3.94. The molecule has 0 bridgehead atoms. The zero-order valence-electron chi connectivity index (χ0n) is 12.9. The standard InChI is InChI=1S/C19H18N2O2/c1-13(14-7-3-2-4-8-14)12-20-19(23)17-11-15-9-5-6-10-16(15)18(22)21-17/h2-11,13H,12H2,1H3,(H,20,23)(H,21,22)/t13-/m1/s1. The highest BCUT2D eigenvalue weighted by molar-refractivity contribution is 5.96.